The third-order valence-corrected chi connectivity index (χ3v) is 4.76. The zero-order chi connectivity index (χ0) is 18.2. The highest BCUT2D eigenvalue weighted by Crippen LogP contribution is 2.15. The van der Waals surface area contributed by atoms with E-state index in [0.717, 1.165) is 19.4 Å². The fraction of sp³-hybridized carbons (Fsp3) is 0.857. The van der Waals surface area contributed by atoms with Crippen LogP contribution >= 0.6 is 12.4 Å². The summed E-state index contributed by atoms with van der Waals surface area (Å²) < 4.78 is 0. The molecule has 0 fully saturated rings. The Balaban J connectivity index is 0. The summed E-state index contributed by atoms with van der Waals surface area (Å²) in [5, 5.41) is 2.92. The van der Waals surface area contributed by atoms with Crippen LogP contribution in [0.1, 0.15) is 90.9 Å². The van der Waals surface area contributed by atoms with Crippen LogP contribution in [0.15, 0.2) is 12.2 Å². The van der Waals surface area contributed by atoms with Gasteiger partial charge < -0.3 is 10.2 Å². The van der Waals surface area contributed by atoms with Gasteiger partial charge in [0.2, 0.25) is 5.91 Å². The monoisotopic (exact) mass is 374 g/mol. The van der Waals surface area contributed by atoms with E-state index in [1.54, 1.807) is 6.92 Å². The third-order valence-electron chi connectivity index (χ3n) is 4.76. The SMILES string of the molecule is C=C(C)C(=O)NCCCC(CCCCCCCCCCC)N(C)C.Cl. The van der Waals surface area contributed by atoms with Crippen LogP contribution in [0.4, 0.5) is 0 Å². The molecule has 1 atom stereocenters. The molecule has 1 unspecified atom stereocenters. The van der Waals surface area contributed by atoms with Crippen LogP contribution in [-0.2, 0) is 4.79 Å². The third kappa shape index (κ3) is 16.7. The molecule has 4 heteroatoms. The van der Waals surface area contributed by atoms with Crippen molar-refractivity contribution in [3.8, 4) is 0 Å². The Bertz CT molecular complexity index is 332. The molecule has 0 saturated heterocycles. The molecule has 0 aliphatic rings. The lowest BCUT2D eigenvalue weighted by Crippen LogP contribution is -2.30. The van der Waals surface area contributed by atoms with Gasteiger partial charge in [-0.15, -0.1) is 12.4 Å². The van der Waals surface area contributed by atoms with Crippen molar-refractivity contribution in [1.82, 2.24) is 10.2 Å². The van der Waals surface area contributed by atoms with Gasteiger partial charge in [-0.05, 0) is 40.3 Å². The number of carbonyl (C=O) groups excluding carboxylic acids is 1. The molecule has 0 aromatic heterocycles. The van der Waals surface area contributed by atoms with E-state index in [0.29, 0.717) is 11.6 Å². The first kappa shape index (κ1) is 26.7. The Kier molecular flexibility index (Phi) is 19.5. The molecule has 0 aliphatic carbocycles. The highest BCUT2D eigenvalue weighted by Gasteiger charge is 2.11. The molecule has 0 rings (SSSR count). The van der Waals surface area contributed by atoms with Gasteiger partial charge in [-0.3, -0.25) is 4.79 Å². The van der Waals surface area contributed by atoms with E-state index in [-0.39, 0.29) is 18.3 Å². The number of unbranched alkanes of at least 4 members (excludes halogenated alkanes) is 8. The van der Waals surface area contributed by atoms with Crippen LogP contribution < -0.4 is 5.32 Å². The lowest BCUT2D eigenvalue weighted by Gasteiger charge is -2.24. The van der Waals surface area contributed by atoms with Gasteiger partial charge in [0.25, 0.3) is 0 Å². The van der Waals surface area contributed by atoms with Crippen molar-refractivity contribution >= 4 is 18.3 Å². The molecule has 0 heterocycles. The van der Waals surface area contributed by atoms with Crippen LogP contribution in [0.5, 0.6) is 0 Å². The first-order valence-electron chi connectivity index (χ1n) is 10.1. The minimum atomic E-state index is -0.0182. The Morgan fingerprint density at radius 2 is 1.40 bits per heavy atom. The van der Waals surface area contributed by atoms with E-state index in [1.165, 1.54) is 64.2 Å². The zero-order valence-corrected chi connectivity index (χ0v) is 18.1. The van der Waals surface area contributed by atoms with Crippen LogP contribution in [0.25, 0.3) is 0 Å². The second-order valence-electron chi connectivity index (χ2n) is 7.41. The van der Waals surface area contributed by atoms with E-state index in [1.807, 2.05) is 0 Å². The number of nitrogens with one attached hydrogen (secondary N) is 1. The normalized spacial score (nSPS) is 11.9. The molecular formula is C21H43ClN2O. The van der Waals surface area contributed by atoms with Crippen LogP contribution in [0.3, 0.4) is 0 Å². The highest BCUT2D eigenvalue weighted by molar-refractivity contribution is 5.91. The molecule has 1 N–H and O–H groups in total. The summed E-state index contributed by atoms with van der Waals surface area (Å²) in [6.07, 6.45) is 16.0. The number of hydrogen-bond acceptors (Lipinski definition) is 2. The molecular weight excluding hydrogens is 332 g/mol. The molecule has 0 aliphatic heterocycles. The van der Waals surface area contributed by atoms with Crippen molar-refractivity contribution in [3.63, 3.8) is 0 Å². The maximum atomic E-state index is 11.5. The molecule has 0 aromatic rings. The summed E-state index contributed by atoms with van der Waals surface area (Å²) in [5.41, 5.74) is 0.592. The number of rotatable bonds is 16. The van der Waals surface area contributed by atoms with Gasteiger partial charge in [0, 0.05) is 18.2 Å². The second kappa shape index (κ2) is 18.3. The summed E-state index contributed by atoms with van der Waals surface area (Å²) in [4.78, 5) is 13.8. The Hall–Kier alpha value is -0.540. The smallest absolute Gasteiger partial charge is 0.246 e. The van der Waals surface area contributed by atoms with Crippen molar-refractivity contribution in [2.45, 2.75) is 96.9 Å². The quantitative estimate of drug-likeness (QED) is 0.276. The van der Waals surface area contributed by atoms with Crippen LogP contribution in [0.2, 0.25) is 0 Å². The maximum absolute atomic E-state index is 11.5. The Morgan fingerprint density at radius 1 is 0.920 bits per heavy atom. The van der Waals surface area contributed by atoms with Gasteiger partial charge in [0.05, 0.1) is 0 Å². The average molecular weight is 375 g/mol. The number of carbonyl (C=O) groups is 1. The van der Waals surface area contributed by atoms with E-state index in [4.69, 9.17) is 0 Å². The molecule has 3 nitrogen and oxygen atoms in total. The minimum absolute atomic E-state index is 0. The van der Waals surface area contributed by atoms with Gasteiger partial charge in [0.1, 0.15) is 0 Å². The molecule has 0 radical (unpaired) electrons. The predicted octanol–water partition coefficient (Wildman–Crippen LogP) is 5.73. The second-order valence-corrected chi connectivity index (χ2v) is 7.41. The number of nitrogens with zero attached hydrogens (tertiary/aromatic N) is 1. The van der Waals surface area contributed by atoms with Gasteiger partial charge >= 0.3 is 0 Å². The van der Waals surface area contributed by atoms with Gasteiger partial charge in [-0.25, -0.2) is 0 Å². The molecule has 0 spiro atoms. The van der Waals surface area contributed by atoms with Crippen molar-refractivity contribution < 1.29 is 4.79 Å². The molecule has 0 aromatic carbocycles. The summed E-state index contributed by atoms with van der Waals surface area (Å²) >= 11 is 0. The van der Waals surface area contributed by atoms with Crippen LogP contribution in [-0.4, -0.2) is 37.5 Å². The fourth-order valence-corrected chi connectivity index (χ4v) is 3.04. The lowest BCUT2D eigenvalue weighted by molar-refractivity contribution is -0.117. The lowest BCUT2D eigenvalue weighted by atomic mass is 10.0. The summed E-state index contributed by atoms with van der Waals surface area (Å²) in [5.74, 6) is -0.0182. The standard InChI is InChI=1S/C21H42N2O.ClH/c1-6-7-8-9-10-11-12-13-14-16-20(23(4)5)17-15-18-22-21(24)19(2)3;/h20H,2,6-18H2,1,3-5H3,(H,22,24);1H. The van der Waals surface area contributed by atoms with E-state index >= 15 is 0 Å². The molecule has 0 saturated carbocycles. The van der Waals surface area contributed by atoms with E-state index < -0.39 is 0 Å². The summed E-state index contributed by atoms with van der Waals surface area (Å²) in [6.45, 7) is 8.45. The topological polar surface area (TPSA) is 32.3 Å². The zero-order valence-electron chi connectivity index (χ0n) is 17.2. The van der Waals surface area contributed by atoms with E-state index in [2.05, 4.69) is 37.8 Å². The predicted molar refractivity (Wildman–Crippen MR) is 114 cm³/mol. The number of halogens is 1. The number of amides is 1. The summed E-state index contributed by atoms with van der Waals surface area (Å²) in [6, 6.07) is 0.635. The van der Waals surface area contributed by atoms with Gasteiger partial charge in [0.15, 0.2) is 0 Å². The van der Waals surface area contributed by atoms with Gasteiger partial charge in [-0.2, -0.15) is 0 Å². The fourth-order valence-electron chi connectivity index (χ4n) is 3.04. The minimum Gasteiger partial charge on any atom is -0.352 e. The van der Waals surface area contributed by atoms with Crippen molar-refractivity contribution in [1.29, 1.82) is 0 Å². The van der Waals surface area contributed by atoms with E-state index in [9.17, 15) is 4.79 Å². The first-order chi connectivity index (χ1) is 11.5. The largest absolute Gasteiger partial charge is 0.352 e. The molecule has 150 valence electrons. The maximum Gasteiger partial charge on any atom is 0.246 e. The summed E-state index contributed by atoms with van der Waals surface area (Å²) in [7, 11) is 4.34. The van der Waals surface area contributed by atoms with Crippen LogP contribution in [0, 0.1) is 0 Å². The van der Waals surface area contributed by atoms with Crippen molar-refractivity contribution in [2.24, 2.45) is 0 Å². The number of hydrogen-bond donors (Lipinski definition) is 1. The Morgan fingerprint density at radius 3 is 1.88 bits per heavy atom. The first-order valence-corrected chi connectivity index (χ1v) is 10.1. The molecule has 25 heavy (non-hydrogen) atoms. The molecule has 1 amide bonds. The molecule has 0 bridgehead atoms. The average Bonchev–Trinajstić information content (AvgIpc) is 2.54. The van der Waals surface area contributed by atoms with Gasteiger partial charge in [-0.1, -0.05) is 71.3 Å². The van der Waals surface area contributed by atoms with Crippen molar-refractivity contribution in [3.05, 3.63) is 12.2 Å². The van der Waals surface area contributed by atoms with Crippen molar-refractivity contribution in [2.75, 3.05) is 20.6 Å². The Labute approximate surface area is 163 Å². The highest BCUT2D eigenvalue weighted by atomic mass is 35.5.